The van der Waals surface area contributed by atoms with Crippen molar-refractivity contribution < 1.29 is 9.15 Å². The van der Waals surface area contributed by atoms with Gasteiger partial charge in [0.05, 0.1) is 17.1 Å². The second-order valence-electron chi connectivity index (χ2n) is 9.36. The summed E-state index contributed by atoms with van der Waals surface area (Å²) in [5, 5.41) is 1.54. The molecule has 0 saturated heterocycles. The Kier molecular flexibility index (Phi) is 4.59. The fourth-order valence-corrected chi connectivity index (χ4v) is 4.88. The number of rotatable bonds is 1. The Bertz CT molecular complexity index is 1190. The van der Waals surface area contributed by atoms with E-state index in [0.29, 0.717) is 29.6 Å². The zero-order valence-corrected chi connectivity index (χ0v) is 18.4. The largest absolute Gasteiger partial charge is 0.471 e. The monoisotopic (exact) mass is 423 g/mol. The van der Waals surface area contributed by atoms with Crippen molar-refractivity contribution in [1.82, 2.24) is 0 Å². The molecular formula is C25H26ClNO3. The summed E-state index contributed by atoms with van der Waals surface area (Å²) in [5.41, 5.74) is 5.65. The van der Waals surface area contributed by atoms with Gasteiger partial charge in [0.1, 0.15) is 11.3 Å². The molecule has 30 heavy (non-hydrogen) atoms. The first-order valence-electron chi connectivity index (χ1n) is 10.6. The number of hydrogen-bond donors (Lipinski definition) is 0. The Balaban J connectivity index is 1.59. The predicted molar refractivity (Wildman–Crippen MR) is 121 cm³/mol. The van der Waals surface area contributed by atoms with E-state index in [-0.39, 0.29) is 11.0 Å². The summed E-state index contributed by atoms with van der Waals surface area (Å²) in [7, 11) is 0. The van der Waals surface area contributed by atoms with E-state index in [9.17, 15) is 4.79 Å². The molecule has 0 saturated carbocycles. The lowest BCUT2D eigenvalue weighted by molar-refractivity contribution is 0.289. The molecule has 2 heterocycles. The summed E-state index contributed by atoms with van der Waals surface area (Å²) in [6.45, 7) is 7.61. The molecule has 0 unspecified atom stereocenters. The number of anilines is 1. The van der Waals surface area contributed by atoms with E-state index in [1.807, 2.05) is 6.07 Å². The zero-order chi connectivity index (χ0) is 21.0. The number of aryl methyl sites for hydroxylation is 1. The molecule has 0 spiro atoms. The highest BCUT2D eigenvalue weighted by Gasteiger charge is 2.28. The minimum absolute atomic E-state index is 0.107. The Labute approximate surface area is 181 Å². The lowest BCUT2D eigenvalue weighted by Crippen LogP contribution is -2.32. The smallest absolute Gasteiger partial charge is 0.339 e. The molecule has 2 aliphatic rings. The van der Waals surface area contributed by atoms with Gasteiger partial charge in [-0.15, -0.1) is 0 Å². The van der Waals surface area contributed by atoms with E-state index in [2.05, 4.69) is 49.9 Å². The van der Waals surface area contributed by atoms with E-state index in [1.165, 1.54) is 5.56 Å². The molecule has 5 heteroatoms. The number of benzene rings is 2. The van der Waals surface area contributed by atoms with Crippen molar-refractivity contribution in [2.45, 2.75) is 58.4 Å². The Morgan fingerprint density at radius 2 is 1.70 bits per heavy atom. The number of nitrogens with zero attached hydrogens (tertiary/aromatic N) is 1. The normalized spacial score (nSPS) is 16.2. The molecule has 0 fully saturated rings. The maximum atomic E-state index is 12.7. The Morgan fingerprint density at radius 3 is 2.40 bits per heavy atom. The topological polar surface area (TPSA) is 42.7 Å². The fraction of sp³-hybridized carbons (Fsp3) is 0.400. The van der Waals surface area contributed by atoms with Gasteiger partial charge in [0.15, 0.2) is 6.73 Å². The second-order valence-corrected chi connectivity index (χ2v) is 9.77. The molecular weight excluding hydrogens is 398 g/mol. The van der Waals surface area contributed by atoms with E-state index in [0.717, 1.165) is 53.4 Å². The van der Waals surface area contributed by atoms with Crippen LogP contribution in [0, 0.1) is 0 Å². The summed E-state index contributed by atoms with van der Waals surface area (Å²) < 4.78 is 11.9. The summed E-state index contributed by atoms with van der Waals surface area (Å²) in [4.78, 5) is 14.8. The van der Waals surface area contributed by atoms with Crippen LogP contribution in [-0.4, -0.2) is 6.73 Å². The highest BCUT2D eigenvalue weighted by Crippen LogP contribution is 2.41. The van der Waals surface area contributed by atoms with Crippen molar-refractivity contribution >= 4 is 28.3 Å². The van der Waals surface area contributed by atoms with Crippen molar-refractivity contribution in [3.8, 4) is 5.75 Å². The molecule has 4 nitrogen and oxygen atoms in total. The average molecular weight is 424 g/mol. The zero-order valence-electron chi connectivity index (χ0n) is 17.7. The van der Waals surface area contributed by atoms with Crippen LogP contribution >= 0.6 is 11.6 Å². The number of fused-ring (bicyclic) bond motifs is 5. The van der Waals surface area contributed by atoms with Gasteiger partial charge in [-0.2, -0.15) is 0 Å². The van der Waals surface area contributed by atoms with Crippen LogP contribution in [0.3, 0.4) is 0 Å². The molecule has 0 radical (unpaired) electrons. The van der Waals surface area contributed by atoms with Crippen molar-refractivity contribution in [3.05, 3.63) is 68.0 Å². The van der Waals surface area contributed by atoms with Gasteiger partial charge < -0.3 is 14.1 Å². The van der Waals surface area contributed by atoms with E-state index >= 15 is 0 Å². The van der Waals surface area contributed by atoms with E-state index < -0.39 is 0 Å². The lowest BCUT2D eigenvalue weighted by Gasteiger charge is -2.32. The van der Waals surface area contributed by atoms with Crippen LogP contribution in [0.2, 0.25) is 5.02 Å². The fourth-order valence-electron chi connectivity index (χ4n) is 4.61. The molecule has 2 aromatic carbocycles. The van der Waals surface area contributed by atoms with E-state index in [4.69, 9.17) is 20.8 Å². The molecule has 0 bridgehead atoms. The molecule has 156 valence electrons. The predicted octanol–water partition coefficient (Wildman–Crippen LogP) is 5.98. The highest BCUT2D eigenvalue weighted by atomic mass is 35.5. The first-order chi connectivity index (χ1) is 14.3. The van der Waals surface area contributed by atoms with Crippen LogP contribution in [-0.2, 0) is 24.8 Å². The van der Waals surface area contributed by atoms with Gasteiger partial charge in [-0.05, 0) is 60.4 Å². The summed E-state index contributed by atoms with van der Waals surface area (Å²) in [5.74, 6) is 0.630. The van der Waals surface area contributed by atoms with Crippen molar-refractivity contribution in [1.29, 1.82) is 0 Å². The third-order valence-electron chi connectivity index (χ3n) is 6.33. The van der Waals surface area contributed by atoms with Crippen LogP contribution in [0.4, 0.5) is 5.69 Å². The van der Waals surface area contributed by atoms with Crippen LogP contribution in [0.5, 0.6) is 5.75 Å². The maximum Gasteiger partial charge on any atom is 0.339 e. The Morgan fingerprint density at radius 1 is 1.00 bits per heavy atom. The molecule has 1 aromatic heterocycles. The first-order valence-corrected chi connectivity index (χ1v) is 11.0. The van der Waals surface area contributed by atoms with Gasteiger partial charge in [0.25, 0.3) is 0 Å². The third kappa shape index (κ3) is 3.18. The van der Waals surface area contributed by atoms with Gasteiger partial charge in [-0.1, -0.05) is 44.5 Å². The summed E-state index contributed by atoms with van der Waals surface area (Å²) in [6.07, 6.45) is 3.79. The molecule has 1 aliphatic heterocycles. The van der Waals surface area contributed by atoms with Crippen molar-refractivity contribution in [3.63, 3.8) is 0 Å². The van der Waals surface area contributed by atoms with Gasteiger partial charge >= 0.3 is 5.63 Å². The van der Waals surface area contributed by atoms with Gasteiger partial charge in [0.2, 0.25) is 0 Å². The second kappa shape index (κ2) is 7.05. The van der Waals surface area contributed by atoms with Crippen molar-refractivity contribution in [2.75, 3.05) is 11.6 Å². The molecule has 0 atom stereocenters. The highest BCUT2D eigenvalue weighted by molar-refractivity contribution is 6.33. The number of halogens is 1. The number of ether oxygens (including phenoxy) is 1. The quantitative estimate of drug-likeness (QED) is 0.451. The van der Waals surface area contributed by atoms with Gasteiger partial charge in [-0.3, -0.25) is 0 Å². The lowest BCUT2D eigenvalue weighted by atomic mass is 9.87. The van der Waals surface area contributed by atoms with E-state index in [1.54, 1.807) is 0 Å². The standard InChI is InChI=1S/C25H26ClNO3/c1-25(2,3)15-8-10-16(11-9-15)27-13-20-22-19(12-21(26)23(20)29-14-27)17-6-4-5-7-18(17)24(28)30-22/h8-12H,4-7,13-14H2,1-3H3. The van der Waals surface area contributed by atoms with Crippen LogP contribution < -0.4 is 15.3 Å². The summed E-state index contributed by atoms with van der Waals surface area (Å²) in [6, 6.07) is 10.5. The minimum Gasteiger partial charge on any atom is -0.471 e. The maximum absolute atomic E-state index is 12.7. The SMILES string of the molecule is CC(C)(C)c1ccc(N2COc3c(Cl)cc4c5c(c(=O)oc4c3C2)CCCC5)cc1. The number of hydrogen-bond acceptors (Lipinski definition) is 4. The average Bonchev–Trinajstić information content (AvgIpc) is 2.74. The van der Waals surface area contributed by atoms with Gasteiger partial charge in [0, 0.05) is 16.6 Å². The molecule has 0 N–H and O–H groups in total. The minimum atomic E-state index is -0.214. The van der Waals surface area contributed by atoms with Crippen LogP contribution in [0.25, 0.3) is 11.0 Å². The van der Waals surface area contributed by atoms with Crippen LogP contribution in [0.15, 0.2) is 39.5 Å². The van der Waals surface area contributed by atoms with Crippen molar-refractivity contribution in [2.24, 2.45) is 0 Å². The Hall–Kier alpha value is -2.46. The molecule has 3 aromatic rings. The van der Waals surface area contributed by atoms with Gasteiger partial charge in [-0.25, -0.2) is 4.79 Å². The summed E-state index contributed by atoms with van der Waals surface area (Å²) >= 11 is 6.60. The third-order valence-corrected chi connectivity index (χ3v) is 6.61. The van der Waals surface area contributed by atoms with Crippen LogP contribution in [0.1, 0.15) is 55.9 Å². The molecule has 1 aliphatic carbocycles. The first kappa shape index (κ1) is 19.5. The molecule has 0 amide bonds. The molecule has 5 rings (SSSR count).